The first kappa shape index (κ1) is 6.96. The summed E-state index contributed by atoms with van der Waals surface area (Å²) in [6.07, 6.45) is -0.350. The minimum Gasteiger partial charge on any atom is -0.393 e. The fraction of sp³-hybridized carbons (Fsp3) is 1.00. The van der Waals surface area contributed by atoms with Crippen LogP contribution < -0.4 is 0 Å². The average molecular weight is 134 g/mol. The van der Waals surface area contributed by atoms with Gasteiger partial charge in [-0.15, -0.1) is 0 Å². The van der Waals surface area contributed by atoms with Gasteiger partial charge in [-0.1, -0.05) is 0 Å². The van der Waals surface area contributed by atoms with Crippen LogP contribution in [0.1, 0.15) is 12.8 Å². The maximum Gasteiger partial charge on any atom is 0.0948 e. The second kappa shape index (κ2) is 2.62. The predicted octanol–water partition coefficient (Wildman–Crippen LogP) is 0.0877. The van der Waals surface area contributed by atoms with Crippen molar-refractivity contribution in [3.05, 3.63) is 0 Å². The molecule has 0 heterocycles. The topological polar surface area (TPSA) is 40.5 Å². The van der Waals surface area contributed by atoms with Gasteiger partial charge in [0.05, 0.1) is 18.9 Å². The lowest BCUT2D eigenvalue weighted by atomic mass is 10.1. The first-order valence-corrected chi connectivity index (χ1v) is 3.16. The van der Waals surface area contributed by atoms with Crippen molar-refractivity contribution in [2.45, 2.75) is 25.0 Å². The molecule has 0 amide bonds. The Bertz CT molecular complexity index is 97.1. The van der Waals surface area contributed by atoms with E-state index in [2.05, 4.69) is 0 Å². The largest absolute Gasteiger partial charge is 0.393 e. The molecular weight excluding hydrogens is 123 g/mol. The van der Waals surface area contributed by atoms with Crippen LogP contribution >= 0.6 is 0 Å². The Hall–Kier alpha value is -0.150. The van der Waals surface area contributed by atoms with Gasteiger partial charge in [-0.25, -0.2) is 0 Å². The molecule has 0 aliphatic heterocycles. The number of hydrogen-bond acceptors (Lipinski definition) is 2. The minimum atomic E-state index is -0.620. The molecule has 1 fully saturated rings. The number of halogens is 1. The summed E-state index contributed by atoms with van der Waals surface area (Å²) >= 11 is 0. The number of rotatable bonds is 1. The Balaban J connectivity index is 2.38. The third-order valence-electron chi connectivity index (χ3n) is 1.83. The Morgan fingerprint density at radius 3 is 2.22 bits per heavy atom. The number of hydrogen-bond donors (Lipinski definition) is 2. The Morgan fingerprint density at radius 1 is 1.33 bits per heavy atom. The summed E-state index contributed by atoms with van der Waals surface area (Å²) in [4.78, 5) is 0. The molecule has 9 heavy (non-hydrogen) atoms. The van der Waals surface area contributed by atoms with Gasteiger partial charge in [-0.2, -0.15) is 0 Å². The summed E-state index contributed by atoms with van der Waals surface area (Å²) in [5, 5.41) is 17.8. The molecule has 0 bridgehead atoms. The maximum atomic E-state index is 11.9. The molecule has 1 rings (SSSR count). The van der Waals surface area contributed by atoms with Crippen LogP contribution in [0.4, 0.5) is 4.39 Å². The van der Waals surface area contributed by atoms with Crippen LogP contribution in [0, 0.1) is 5.92 Å². The molecule has 0 aromatic carbocycles. The van der Waals surface area contributed by atoms with Gasteiger partial charge < -0.3 is 10.2 Å². The van der Waals surface area contributed by atoms with Crippen LogP contribution in [0.2, 0.25) is 0 Å². The number of alkyl halides is 1. The van der Waals surface area contributed by atoms with E-state index in [1.54, 1.807) is 0 Å². The lowest BCUT2D eigenvalue weighted by Crippen LogP contribution is -2.14. The molecule has 1 aliphatic rings. The van der Waals surface area contributed by atoms with Crippen molar-refractivity contribution in [1.82, 2.24) is 0 Å². The summed E-state index contributed by atoms with van der Waals surface area (Å²) < 4.78 is 11.9. The molecule has 0 radical (unpaired) electrons. The zero-order valence-corrected chi connectivity index (χ0v) is 5.13. The van der Waals surface area contributed by atoms with Gasteiger partial charge in [0.1, 0.15) is 0 Å². The highest BCUT2D eigenvalue weighted by atomic mass is 19.1. The van der Waals surface area contributed by atoms with E-state index in [9.17, 15) is 4.39 Å². The number of aliphatic hydroxyl groups excluding tert-OH is 2. The molecule has 0 aromatic heterocycles. The van der Waals surface area contributed by atoms with Crippen LogP contribution in [0.3, 0.4) is 0 Å². The summed E-state index contributed by atoms with van der Waals surface area (Å²) in [6.45, 7) is -0.516. The van der Waals surface area contributed by atoms with Gasteiger partial charge in [0.2, 0.25) is 0 Å². The first-order valence-electron chi connectivity index (χ1n) is 3.16. The van der Waals surface area contributed by atoms with E-state index < -0.39 is 18.9 Å². The summed E-state index contributed by atoms with van der Waals surface area (Å²) in [5.41, 5.74) is 0. The van der Waals surface area contributed by atoms with Crippen LogP contribution in [0.5, 0.6) is 0 Å². The molecule has 0 saturated heterocycles. The molecular formula is C6H11FO2. The molecule has 3 atom stereocenters. The highest BCUT2D eigenvalue weighted by Crippen LogP contribution is 2.25. The van der Waals surface area contributed by atoms with Gasteiger partial charge in [0.15, 0.2) is 0 Å². The minimum absolute atomic E-state index is 0.319. The second-order valence-electron chi connectivity index (χ2n) is 2.61. The fourth-order valence-electron chi connectivity index (χ4n) is 1.24. The highest BCUT2D eigenvalue weighted by Gasteiger charge is 2.31. The second-order valence-corrected chi connectivity index (χ2v) is 2.61. The van der Waals surface area contributed by atoms with Crippen molar-refractivity contribution < 1.29 is 14.6 Å². The lowest BCUT2D eigenvalue weighted by Gasteiger charge is -2.06. The van der Waals surface area contributed by atoms with Gasteiger partial charge in [-0.05, 0) is 12.8 Å². The van der Waals surface area contributed by atoms with E-state index >= 15 is 0 Å². The molecule has 0 aromatic rings. The molecule has 2 nitrogen and oxygen atoms in total. The SMILES string of the molecule is OC1CC(O)C(CF)C1. The van der Waals surface area contributed by atoms with E-state index in [-0.39, 0.29) is 5.92 Å². The van der Waals surface area contributed by atoms with Crippen LogP contribution in [0.25, 0.3) is 0 Å². The average Bonchev–Trinajstić information content (AvgIpc) is 2.10. The van der Waals surface area contributed by atoms with Crippen molar-refractivity contribution in [3.8, 4) is 0 Å². The Labute approximate surface area is 53.3 Å². The lowest BCUT2D eigenvalue weighted by molar-refractivity contribution is 0.110. The zero-order valence-electron chi connectivity index (χ0n) is 5.13. The molecule has 1 saturated carbocycles. The van der Waals surface area contributed by atoms with E-state index in [0.29, 0.717) is 12.8 Å². The van der Waals surface area contributed by atoms with E-state index in [1.165, 1.54) is 0 Å². The standard InChI is InChI=1S/C6H11FO2/c7-3-4-1-5(8)2-6(4)9/h4-6,8-9H,1-3H2. The van der Waals surface area contributed by atoms with Gasteiger partial charge >= 0.3 is 0 Å². The molecule has 1 aliphatic carbocycles. The van der Waals surface area contributed by atoms with E-state index in [1.807, 2.05) is 0 Å². The summed E-state index contributed by atoms with van der Waals surface area (Å²) in [6, 6.07) is 0. The van der Waals surface area contributed by atoms with E-state index in [4.69, 9.17) is 10.2 Å². The monoisotopic (exact) mass is 134 g/mol. The van der Waals surface area contributed by atoms with Gasteiger partial charge in [0.25, 0.3) is 0 Å². The fourth-order valence-corrected chi connectivity index (χ4v) is 1.24. The van der Waals surface area contributed by atoms with Gasteiger partial charge in [-0.3, -0.25) is 4.39 Å². The van der Waals surface area contributed by atoms with Crippen molar-refractivity contribution in [3.63, 3.8) is 0 Å². The molecule has 3 heteroatoms. The quantitative estimate of drug-likeness (QED) is 0.533. The van der Waals surface area contributed by atoms with Crippen molar-refractivity contribution in [1.29, 1.82) is 0 Å². The van der Waals surface area contributed by atoms with Crippen LogP contribution in [-0.2, 0) is 0 Å². The third-order valence-corrected chi connectivity index (χ3v) is 1.83. The van der Waals surface area contributed by atoms with Crippen molar-refractivity contribution in [2.75, 3.05) is 6.67 Å². The maximum absolute atomic E-state index is 11.9. The summed E-state index contributed by atoms with van der Waals surface area (Å²) in [5.74, 6) is -0.319. The zero-order chi connectivity index (χ0) is 6.85. The Kier molecular flexibility index (Phi) is 2.03. The van der Waals surface area contributed by atoms with Crippen molar-refractivity contribution in [2.24, 2.45) is 5.92 Å². The molecule has 54 valence electrons. The summed E-state index contributed by atoms with van der Waals surface area (Å²) in [7, 11) is 0. The number of aliphatic hydroxyl groups is 2. The smallest absolute Gasteiger partial charge is 0.0948 e. The predicted molar refractivity (Wildman–Crippen MR) is 30.7 cm³/mol. The molecule has 0 spiro atoms. The van der Waals surface area contributed by atoms with Crippen LogP contribution in [0.15, 0.2) is 0 Å². The van der Waals surface area contributed by atoms with Gasteiger partial charge in [0, 0.05) is 5.92 Å². The normalized spacial score (nSPS) is 43.7. The van der Waals surface area contributed by atoms with Crippen LogP contribution in [-0.4, -0.2) is 29.1 Å². The first-order chi connectivity index (χ1) is 4.24. The third kappa shape index (κ3) is 1.40. The Morgan fingerprint density at radius 2 is 2.00 bits per heavy atom. The van der Waals surface area contributed by atoms with E-state index in [0.717, 1.165) is 0 Å². The highest BCUT2D eigenvalue weighted by molar-refractivity contribution is 4.81. The molecule has 3 unspecified atom stereocenters. The molecule has 2 N–H and O–H groups in total. The van der Waals surface area contributed by atoms with Crippen molar-refractivity contribution >= 4 is 0 Å².